The SMILES string of the molecule is Cc1ncsc1-c1ccc(CNC(=O)[C@@H]2C[C@@H](O)CN2C(=O)[C@@H](NC(=O)CCCCCC#CCOC[C@@H](N)CCC(N)=O)C(C)(C)C)cc1.Cl. The normalized spacial score (nSPS) is 16.8. The van der Waals surface area contributed by atoms with Gasteiger partial charge in [-0.05, 0) is 42.7 Å². The quantitative estimate of drug-likeness (QED) is 0.121. The molecule has 1 aromatic heterocycles. The summed E-state index contributed by atoms with van der Waals surface area (Å²) >= 11 is 1.58. The zero-order valence-electron chi connectivity index (χ0n) is 29.5. The van der Waals surface area contributed by atoms with Crippen LogP contribution in [0.5, 0.6) is 0 Å². The molecule has 0 spiro atoms. The van der Waals surface area contributed by atoms with Crippen LogP contribution in [-0.4, -0.2) is 82.6 Å². The lowest BCUT2D eigenvalue weighted by molar-refractivity contribution is -0.144. The van der Waals surface area contributed by atoms with Crippen LogP contribution in [0.15, 0.2) is 29.8 Å². The standard InChI is InChI=1S/C36H52N6O6S.ClH/c1-24-32(49-23-40-24)26-14-12-25(13-15-26)20-39-34(46)29-19-28(43)21-42(29)35(47)33(36(2,3)4)41-31(45)11-9-7-5-6-8-10-18-48-22-27(37)16-17-30(38)44;/h12-15,23,27-29,33,43H,5-7,9,11,16-22,37H2,1-4H3,(H2,38,44)(H,39,46)(H,41,45);1H/t27-,28+,29-,33+;/m0./s1. The van der Waals surface area contributed by atoms with Crippen molar-refractivity contribution in [1.82, 2.24) is 20.5 Å². The fourth-order valence-electron chi connectivity index (χ4n) is 5.50. The molecule has 1 aliphatic rings. The number of hydrogen-bond acceptors (Lipinski definition) is 9. The fourth-order valence-corrected chi connectivity index (χ4v) is 6.31. The zero-order valence-corrected chi connectivity index (χ0v) is 31.2. The Labute approximate surface area is 305 Å². The molecular weight excluding hydrogens is 680 g/mol. The lowest BCUT2D eigenvalue weighted by Gasteiger charge is -2.35. The molecule has 4 amide bonds. The Morgan fingerprint density at radius 1 is 1.12 bits per heavy atom. The molecule has 50 heavy (non-hydrogen) atoms. The topological polar surface area (TPSA) is 190 Å². The van der Waals surface area contributed by atoms with Crippen molar-refractivity contribution in [2.45, 2.75) is 110 Å². The largest absolute Gasteiger partial charge is 0.391 e. The molecule has 2 aromatic rings. The first-order chi connectivity index (χ1) is 23.3. The molecule has 0 saturated carbocycles. The van der Waals surface area contributed by atoms with Crippen LogP contribution >= 0.6 is 23.7 Å². The van der Waals surface area contributed by atoms with Crippen molar-refractivity contribution in [2.24, 2.45) is 16.9 Å². The first-order valence-electron chi connectivity index (χ1n) is 16.9. The van der Waals surface area contributed by atoms with Crippen molar-refractivity contribution >= 4 is 47.4 Å². The van der Waals surface area contributed by atoms with Gasteiger partial charge in [-0.25, -0.2) is 4.98 Å². The number of carbonyl (C=O) groups is 4. The molecule has 0 bridgehead atoms. The van der Waals surface area contributed by atoms with Gasteiger partial charge in [-0.3, -0.25) is 19.2 Å². The molecule has 0 unspecified atom stereocenters. The molecule has 14 heteroatoms. The van der Waals surface area contributed by atoms with E-state index in [9.17, 15) is 24.3 Å². The summed E-state index contributed by atoms with van der Waals surface area (Å²) in [5.74, 6) is 4.64. The highest BCUT2D eigenvalue weighted by Gasteiger charge is 2.44. The molecule has 2 heterocycles. The second kappa shape index (κ2) is 21.0. The number of nitrogens with zero attached hydrogens (tertiary/aromatic N) is 2. The third-order valence-corrected chi connectivity index (χ3v) is 9.29. The van der Waals surface area contributed by atoms with Gasteiger partial charge in [-0.1, -0.05) is 57.4 Å². The van der Waals surface area contributed by atoms with E-state index in [2.05, 4.69) is 27.5 Å². The van der Waals surface area contributed by atoms with Crippen LogP contribution in [0.1, 0.15) is 83.4 Å². The Kier molecular flexibility index (Phi) is 17.9. The number of aliphatic hydroxyl groups is 1. The van der Waals surface area contributed by atoms with Gasteiger partial charge in [0.05, 0.1) is 28.8 Å². The van der Waals surface area contributed by atoms with Gasteiger partial charge in [-0.2, -0.15) is 0 Å². The van der Waals surface area contributed by atoms with Gasteiger partial charge in [0.25, 0.3) is 0 Å². The number of unbranched alkanes of at least 4 members (excludes halogenated alkanes) is 3. The number of amides is 4. The maximum atomic E-state index is 13.8. The summed E-state index contributed by atoms with van der Waals surface area (Å²) < 4.78 is 5.41. The summed E-state index contributed by atoms with van der Waals surface area (Å²) in [5.41, 5.74) is 15.1. The molecule has 0 aliphatic carbocycles. The van der Waals surface area contributed by atoms with Crippen molar-refractivity contribution in [1.29, 1.82) is 0 Å². The molecule has 4 atom stereocenters. The van der Waals surface area contributed by atoms with Crippen LogP contribution in [0.25, 0.3) is 10.4 Å². The van der Waals surface area contributed by atoms with Gasteiger partial charge in [0.2, 0.25) is 23.6 Å². The minimum Gasteiger partial charge on any atom is -0.391 e. The molecule has 1 fully saturated rings. The van der Waals surface area contributed by atoms with Gasteiger partial charge in [0.15, 0.2) is 0 Å². The number of nitrogens with two attached hydrogens (primary N) is 2. The van der Waals surface area contributed by atoms with E-state index in [0.29, 0.717) is 25.9 Å². The van der Waals surface area contributed by atoms with E-state index >= 15 is 0 Å². The third kappa shape index (κ3) is 14.0. The highest BCUT2D eigenvalue weighted by molar-refractivity contribution is 7.13. The number of aliphatic hydroxyl groups excluding tert-OH is 1. The lowest BCUT2D eigenvalue weighted by Crippen LogP contribution is -2.57. The summed E-state index contributed by atoms with van der Waals surface area (Å²) in [6.07, 6.45) is 3.18. The predicted molar refractivity (Wildman–Crippen MR) is 197 cm³/mol. The maximum Gasteiger partial charge on any atom is 0.246 e. The first kappa shape index (κ1) is 42.6. The van der Waals surface area contributed by atoms with Crippen LogP contribution in [0.3, 0.4) is 0 Å². The number of benzene rings is 1. The number of aryl methyl sites for hydroxylation is 1. The molecule has 7 N–H and O–H groups in total. The maximum absolute atomic E-state index is 13.8. The summed E-state index contributed by atoms with van der Waals surface area (Å²) in [6, 6.07) is 5.94. The molecule has 1 aromatic carbocycles. The number of rotatable bonds is 17. The van der Waals surface area contributed by atoms with Crippen molar-refractivity contribution < 1.29 is 29.0 Å². The Morgan fingerprint density at radius 2 is 1.84 bits per heavy atom. The molecule has 1 aliphatic heterocycles. The number of likely N-dealkylation sites (tertiary alicyclic amines) is 1. The predicted octanol–water partition coefficient (Wildman–Crippen LogP) is 3.21. The van der Waals surface area contributed by atoms with E-state index in [1.807, 2.05) is 57.5 Å². The zero-order chi connectivity index (χ0) is 36.0. The molecular formula is C36H53ClN6O6S. The Morgan fingerprint density at radius 3 is 2.48 bits per heavy atom. The van der Waals surface area contributed by atoms with E-state index in [-0.39, 0.29) is 81.0 Å². The molecule has 0 radical (unpaired) electrons. The van der Waals surface area contributed by atoms with E-state index in [0.717, 1.165) is 34.5 Å². The number of carbonyl (C=O) groups excluding carboxylic acids is 4. The number of ether oxygens (including phenoxy) is 1. The van der Waals surface area contributed by atoms with E-state index < -0.39 is 23.6 Å². The molecule has 1 saturated heterocycles. The number of thiazole rings is 1. The minimum atomic E-state index is -0.863. The van der Waals surface area contributed by atoms with Crippen LogP contribution in [-0.2, 0) is 30.5 Å². The second-order valence-corrected chi connectivity index (χ2v) is 14.5. The van der Waals surface area contributed by atoms with Crippen molar-refractivity contribution in [3.05, 3.63) is 41.0 Å². The van der Waals surface area contributed by atoms with E-state index in [4.69, 9.17) is 16.2 Å². The minimum absolute atomic E-state index is 0. The highest BCUT2D eigenvalue weighted by Crippen LogP contribution is 2.28. The van der Waals surface area contributed by atoms with Gasteiger partial charge in [-0.15, -0.1) is 29.7 Å². The number of nitrogens with one attached hydrogen (secondary N) is 2. The number of primary amides is 1. The summed E-state index contributed by atoms with van der Waals surface area (Å²) in [7, 11) is 0. The summed E-state index contributed by atoms with van der Waals surface area (Å²) in [5, 5.41) is 16.3. The van der Waals surface area contributed by atoms with E-state index in [1.54, 1.807) is 11.3 Å². The van der Waals surface area contributed by atoms with E-state index in [1.165, 1.54) is 4.90 Å². The van der Waals surface area contributed by atoms with Gasteiger partial charge in [0.1, 0.15) is 18.7 Å². The van der Waals surface area contributed by atoms with Gasteiger partial charge < -0.3 is 36.8 Å². The monoisotopic (exact) mass is 732 g/mol. The van der Waals surface area contributed by atoms with Crippen LogP contribution in [0.2, 0.25) is 0 Å². The Bertz CT molecular complexity index is 1470. The van der Waals surface area contributed by atoms with Gasteiger partial charge >= 0.3 is 0 Å². The lowest BCUT2D eigenvalue weighted by atomic mass is 9.85. The average molecular weight is 733 g/mol. The smallest absolute Gasteiger partial charge is 0.246 e. The molecule has 3 rings (SSSR count). The van der Waals surface area contributed by atoms with Crippen molar-refractivity contribution in [2.75, 3.05) is 19.8 Å². The van der Waals surface area contributed by atoms with Crippen LogP contribution in [0.4, 0.5) is 0 Å². The van der Waals surface area contributed by atoms with Crippen molar-refractivity contribution in [3.63, 3.8) is 0 Å². The number of β-amino-alcohol motifs (C(OH)–C–C–N with tert-alkyl or cyclic N) is 1. The van der Waals surface area contributed by atoms with Gasteiger partial charge in [0, 0.05) is 44.8 Å². The first-order valence-corrected chi connectivity index (χ1v) is 17.8. The Balaban J connectivity index is 0.00000867. The molecule has 12 nitrogen and oxygen atoms in total. The summed E-state index contributed by atoms with van der Waals surface area (Å²) in [4.78, 5) is 57.7. The summed E-state index contributed by atoms with van der Waals surface area (Å²) in [6.45, 7) is 8.44. The average Bonchev–Trinajstić information content (AvgIpc) is 3.66. The Hall–Kier alpha value is -3.54. The fraction of sp³-hybridized carbons (Fsp3) is 0.583. The number of hydrogen-bond donors (Lipinski definition) is 5. The number of halogens is 1. The second-order valence-electron chi connectivity index (χ2n) is 13.6. The van der Waals surface area contributed by atoms with Crippen LogP contribution < -0.4 is 22.1 Å². The third-order valence-electron chi connectivity index (χ3n) is 8.31. The number of aromatic nitrogens is 1. The van der Waals surface area contributed by atoms with Crippen LogP contribution in [0, 0.1) is 24.2 Å². The highest BCUT2D eigenvalue weighted by atomic mass is 35.5. The molecule has 276 valence electrons. The van der Waals surface area contributed by atoms with Crippen molar-refractivity contribution in [3.8, 4) is 22.3 Å².